The third kappa shape index (κ3) is 4.17. The number of hydrogen-bond acceptors (Lipinski definition) is 2. The first-order valence-electron chi connectivity index (χ1n) is 4.59. The van der Waals surface area contributed by atoms with Crippen molar-refractivity contribution in [2.75, 3.05) is 18.9 Å². The molecule has 0 aliphatic carbocycles. The second-order valence-electron chi connectivity index (χ2n) is 3.30. The molecule has 7 heteroatoms. The molecule has 0 heterocycles. The van der Waals surface area contributed by atoms with Gasteiger partial charge < -0.3 is 15.3 Å². The van der Waals surface area contributed by atoms with E-state index in [9.17, 15) is 14.0 Å². The van der Waals surface area contributed by atoms with Crippen LogP contribution in [0.5, 0.6) is 0 Å². The van der Waals surface area contributed by atoms with Gasteiger partial charge in [0.05, 0.1) is 5.69 Å². The highest BCUT2D eigenvalue weighted by atomic mass is 127. The maximum Gasteiger partial charge on any atom is 0.323 e. The Morgan fingerprint density at radius 1 is 1.53 bits per heavy atom. The number of likely N-dealkylation sites (N-methyl/N-ethyl adjacent to an activating group) is 1. The standard InChI is InChI=1S/C10H10FIN2O3/c1-14(5-9(15)16)10(17)13-8-3-2-6(11)4-7(8)12/h2-4H,5H2,1H3,(H,13,17)(H,15,16). The predicted molar refractivity (Wildman–Crippen MR) is 68.4 cm³/mol. The van der Waals surface area contributed by atoms with Crippen molar-refractivity contribution < 1.29 is 19.1 Å². The molecule has 0 spiro atoms. The molecule has 0 radical (unpaired) electrons. The highest BCUT2D eigenvalue weighted by molar-refractivity contribution is 14.1. The quantitative estimate of drug-likeness (QED) is 0.818. The highest BCUT2D eigenvalue weighted by Crippen LogP contribution is 2.19. The van der Waals surface area contributed by atoms with Gasteiger partial charge in [-0.15, -0.1) is 0 Å². The van der Waals surface area contributed by atoms with E-state index in [1.807, 2.05) is 22.6 Å². The number of carboxylic acid groups (broad SMARTS) is 1. The normalized spacial score (nSPS) is 9.82. The maximum absolute atomic E-state index is 12.8. The molecular weight excluding hydrogens is 342 g/mol. The van der Waals surface area contributed by atoms with Crippen molar-refractivity contribution >= 4 is 40.3 Å². The van der Waals surface area contributed by atoms with Crippen LogP contribution < -0.4 is 5.32 Å². The molecular formula is C10H10FIN2O3. The number of halogens is 2. The summed E-state index contributed by atoms with van der Waals surface area (Å²) in [6.45, 7) is -0.399. The minimum Gasteiger partial charge on any atom is -0.480 e. The zero-order valence-electron chi connectivity index (χ0n) is 8.91. The van der Waals surface area contributed by atoms with Gasteiger partial charge in [0, 0.05) is 10.6 Å². The fraction of sp³-hybridized carbons (Fsp3) is 0.200. The summed E-state index contributed by atoms with van der Waals surface area (Å²) in [5, 5.41) is 11.0. The Kier molecular flexibility index (Phi) is 4.67. The van der Waals surface area contributed by atoms with Crippen molar-refractivity contribution in [3.63, 3.8) is 0 Å². The highest BCUT2D eigenvalue weighted by Gasteiger charge is 2.13. The van der Waals surface area contributed by atoms with Gasteiger partial charge in [-0.05, 0) is 40.8 Å². The van der Waals surface area contributed by atoms with Crippen molar-refractivity contribution in [3.05, 3.63) is 27.6 Å². The Morgan fingerprint density at radius 2 is 2.18 bits per heavy atom. The van der Waals surface area contributed by atoms with E-state index < -0.39 is 24.4 Å². The summed E-state index contributed by atoms with van der Waals surface area (Å²) in [5.41, 5.74) is 0.439. The van der Waals surface area contributed by atoms with Crippen LogP contribution in [-0.2, 0) is 4.79 Å². The van der Waals surface area contributed by atoms with Crippen LogP contribution in [-0.4, -0.2) is 35.6 Å². The first-order chi connectivity index (χ1) is 7.90. The zero-order chi connectivity index (χ0) is 13.0. The summed E-state index contributed by atoms with van der Waals surface area (Å²) in [6.07, 6.45) is 0. The molecule has 0 bridgehead atoms. The molecule has 5 nitrogen and oxygen atoms in total. The van der Waals surface area contributed by atoms with Crippen molar-refractivity contribution in [2.45, 2.75) is 0 Å². The van der Waals surface area contributed by atoms with Crippen LogP contribution in [0.4, 0.5) is 14.9 Å². The molecule has 1 rings (SSSR count). The van der Waals surface area contributed by atoms with Gasteiger partial charge in [0.25, 0.3) is 0 Å². The second kappa shape index (κ2) is 5.80. The summed E-state index contributed by atoms with van der Waals surface area (Å²) in [5.74, 6) is -1.50. The minimum atomic E-state index is -1.10. The number of aliphatic carboxylic acids is 1. The number of amides is 2. The monoisotopic (exact) mass is 352 g/mol. The third-order valence-corrected chi connectivity index (χ3v) is 2.78. The second-order valence-corrected chi connectivity index (χ2v) is 4.47. The molecule has 17 heavy (non-hydrogen) atoms. The van der Waals surface area contributed by atoms with Crippen LogP contribution in [0, 0.1) is 9.39 Å². The van der Waals surface area contributed by atoms with Crippen LogP contribution in [0.1, 0.15) is 0 Å². The van der Waals surface area contributed by atoms with Gasteiger partial charge in [-0.3, -0.25) is 4.79 Å². The zero-order valence-corrected chi connectivity index (χ0v) is 11.1. The molecule has 0 aromatic heterocycles. The number of carboxylic acids is 1. The van der Waals surface area contributed by atoms with Crippen molar-refractivity contribution in [3.8, 4) is 0 Å². The molecule has 0 aliphatic heterocycles. The van der Waals surface area contributed by atoms with E-state index in [-0.39, 0.29) is 0 Å². The van der Waals surface area contributed by atoms with Gasteiger partial charge in [0.1, 0.15) is 12.4 Å². The van der Waals surface area contributed by atoms with E-state index in [0.717, 1.165) is 4.90 Å². The maximum atomic E-state index is 12.8. The molecule has 92 valence electrons. The van der Waals surface area contributed by atoms with Crippen molar-refractivity contribution in [1.29, 1.82) is 0 Å². The molecule has 0 saturated heterocycles. The number of nitrogens with one attached hydrogen (secondary N) is 1. The fourth-order valence-corrected chi connectivity index (χ4v) is 1.69. The van der Waals surface area contributed by atoms with E-state index >= 15 is 0 Å². The number of carbonyl (C=O) groups is 2. The molecule has 0 fully saturated rings. The van der Waals surface area contributed by atoms with Crippen molar-refractivity contribution in [1.82, 2.24) is 4.90 Å². The average molecular weight is 352 g/mol. The lowest BCUT2D eigenvalue weighted by Crippen LogP contribution is -2.35. The lowest BCUT2D eigenvalue weighted by Gasteiger charge is -2.16. The molecule has 0 unspecified atom stereocenters. The Hall–Kier alpha value is -1.38. The van der Waals surface area contributed by atoms with E-state index in [1.54, 1.807) is 0 Å². The Bertz CT molecular complexity index is 453. The van der Waals surface area contributed by atoms with Crippen LogP contribution >= 0.6 is 22.6 Å². The Balaban J connectivity index is 2.71. The molecule has 0 aliphatic rings. The number of benzene rings is 1. The molecule has 1 aromatic carbocycles. The summed E-state index contributed by atoms with van der Waals surface area (Å²) in [6, 6.07) is 3.35. The summed E-state index contributed by atoms with van der Waals surface area (Å²) in [4.78, 5) is 23.0. The number of carbonyl (C=O) groups excluding carboxylic acids is 1. The largest absolute Gasteiger partial charge is 0.480 e. The van der Waals surface area contributed by atoms with Gasteiger partial charge in [0.15, 0.2) is 0 Å². The molecule has 2 amide bonds. The van der Waals surface area contributed by atoms with Gasteiger partial charge in [0.2, 0.25) is 0 Å². The van der Waals surface area contributed by atoms with E-state index in [2.05, 4.69) is 5.32 Å². The lowest BCUT2D eigenvalue weighted by atomic mass is 10.3. The predicted octanol–water partition coefficient (Wildman–Crippen LogP) is 1.98. The number of hydrogen-bond donors (Lipinski definition) is 2. The number of anilines is 1. The molecule has 0 saturated carbocycles. The van der Waals surface area contributed by atoms with Crippen LogP contribution in [0.25, 0.3) is 0 Å². The third-order valence-electron chi connectivity index (χ3n) is 1.89. The topological polar surface area (TPSA) is 69.6 Å². The summed E-state index contributed by atoms with van der Waals surface area (Å²) in [7, 11) is 1.36. The Morgan fingerprint density at radius 3 is 2.71 bits per heavy atom. The summed E-state index contributed by atoms with van der Waals surface area (Å²) < 4.78 is 13.4. The van der Waals surface area contributed by atoms with Crippen LogP contribution in [0.2, 0.25) is 0 Å². The molecule has 0 atom stereocenters. The smallest absolute Gasteiger partial charge is 0.323 e. The van der Waals surface area contributed by atoms with Crippen molar-refractivity contribution in [2.24, 2.45) is 0 Å². The SMILES string of the molecule is CN(CC(=O)O)C(=O)Nc1ccc(F)cc1I. The van der Waals surface area contributed by atoms with Crippen LogP contribution in [0.3, 0.4) is 0 Å². The fourth-order valence-electron chi connectivity index (χ4n) is 1.08. The average Bonchev–Trinajstić information content (AvgIpc) is 2.21. The first-order valence-corrected chi connectivity index (χ1v) is 5.67. The first kappa shape index (κ1) is 13.7. The molecule has 1 aromatic rings. The molecule has 2 N–H and O–H groups in total. The van der Waals surface area contributed by atoms with Gasteiger partial charge in [-0.2, -0.15) is 0 Å². The lowest BCUT2D eigenvalue weighted by molar-refractivity contribution is -0.137. The van der Waals surface area contributed by atoms with E-state index in [1.165, 1.54) is 25.2 Å². The van der Waals surface area contributed by atoms with E-state index in [0.29, 0.717) is 9.26 Å². The number of rotatable bonds is 3. The number of urea groups is 1. The van der Waals surface area contributed by atoms with Gasteiger partial charge in [-0.25, -0.2) is 9.18 Å². The minimum absolute atomic E-state index is 0.397. The van der Waals surface area contributed by atoms with Gasteiger partial charge >= 0.3 is 12.0 Å². The Labute approximate surface area is 111 Å². The summed E-state index contributed by atoms with van der Waals surface area (Å²) >= 11 is 1.88. The van der Waals surface area contributed by atoms with Crippen LogP contribution in [0.15, 0.2) is 18.2 Å². The van der Waals surface area contributed by atoms with Gasteiger partial charge in [-0.1, -0.05) is 0 Å². The van der Waals surface area contributed by atoms with E-state index in [4.69, 9.17) is 5.11 Å². The number of nitrogens with zero attached hydrogens (tertiary/aromatic N) is 1.